The van der Waals surface area contributed by atoms with Crippen LogP contribution in [0.4, 0.5) is 8.78 Å². The third-order valence-electron chi connectivity index (χ3n) is 3.84. The van der Waals surface area contributed by atoms with E-state index in [0.717, 1.165) is 6.07 Å². The van der Waals surface area contributed by atoms with Crippen molar-refractivity contribution in [2.75, 3.05) is 0 Å². The van der Waals surface area contributed by atoms with Gasteiger partial charge < -0.3 is 0 Å². The van der Waals surface area contributed by atoms with Crippen LogP contribution in [0.2, 0.25) is 0 Å². The summed E-state index contributed by atoms with van der Waals surface area (Å²) in [7, 11) is 0. The lowest BCUT2D eigenvalue weighted by atomic mass is 9.92. The zero-order chi connectivity index (χ0) is 13.0. The Labute approximate surface area is 116 Å². The smallest absolute Gasteiger partial charge is 0.129 e. The van der Waals surface area contributed by atoms with Crippen LogP contribution in [-0.4, -0.2) is 4.83 Å². The van der Waals surface area contributed by atoms with E-state index in [1.807, 2.05) is 0 Å². The van der Waals surface area contributed by atoms with Gasteiger partial charge in [-0.2, -0.15) is 0 Å². The molecule has 0 N–H and O–H groups in total. The van der Waals surface area contributed by atoms with E-state index in [2.05, 4.69) is 15.9 Å². The van der Waals surface area contributed by atoms with E-state index in [0.29, 0.717) is 22.7 Å². The van der Waals surface area contributed by atoms with E-state index in [-0.39, 0.29) is 0 Å². The molecule has 1 aromatic rings. The molecular formula is C15H19BrF2. The maximum Gasteiger partial charge on any atom is 0.129 e. The van der Waals surface area contributed by atoms with Gasteiger partial charge in [0.1, 0.15) is 11.6 Å². The monoisotopic (exact) mass is 316 g/mol. The molecule has 0 spiro atoms. The molecule has 0 nitrogen and oxygen atoms in total. The van der Waals surface area contributed by atoms with Crippen LogP contribution in [0.25, 0.3) is 0 Å². The first kappa shape index (κ1) is 14.0. The average Bonchev–Trinajstić information content (AvgIpc) is 2.61. The van der Waals surface area contributed by atoms with Crippen molar-refractivity contribution >= 4 is 15.9 Å². The lowest BCUT2D eigenvalue weighted by Crippen LogP contribution is -2.17. The first-order valence-electron chi connectivity index (χ1n) is 6.75. The molecule has 1 fully saturated rings. The highest BCUT2D eigenvalue weighted by Gasteiger charge is 2.21. The van der Waals surface area contributed by atoms with Crippen molar-refractivity contribution in [3.05, 3.63) is 35.4 Å². The van der Waals surface area contributed by atoms with Crippen molar-refractivity contribution < 1.29 is 8.78 Å². The quantitative estimate of drug-likeness (QED) is 0.528. The van der Waals surface area contributed by atoms with E-state index < -0.39 is 11.6 Å². The van der Waals surface area contributed by atoms with Gasteiger partial charge in [0.05, 0.1) is 0 Å². The lowest BCUT2D eigenvalue weighted by Gasteiger charge is -2.21. The summed E-state index contributed by atoms with van der Waals surface area (Å²) in [6, 6.07) is 3.88. The number of hydrogen-bond donors (Lipinski definition) is 0. The average molecular weight is 317 g/mol. The van der Waals surface area contributed by atoms with Crippen LogP contribution in [-0.2, 0) is 6.42 Å². The SMILES string of the molecule is Fc1ccc(CC(Br)C2CCCCCC2)c(F)c1. The van der Waals surface area contributed by atoms with E-state index in [1.165, 1.54) is 44.6 Å². The van der Waals surface area contributed by atoms with Crippen LogP contribution in [0.3, 0.4) is 0 Å². The topological polar surface area (TPSA) is 0 Å². The zero-order valence-corrected chi connectivity index (χ0v) is 12.1. The number of alkyl halides is 1. The Morgan fingerprint density at radius 2 is 1.78 bits per heavy atom. The van der Waals surface area contributed by atoms with Gasteiger partial charge in [-0.05, 0) is 36.8 Å². The molecule has 0 radical (unpaired) electrons. The molecule has 0 bridgehead atoms. The summed E-state index contributed by atoms with van der Waals surface area (Å²) in [4.78, 5) is 0.301. The molecule has 100 valence electrons. The highest BCUT2D eigenvalue weighted by molar-refractivity contribution is 9.09. The standard InChI is InChI=1S/C15H19BrF2/c16-14(11-5-3-1-2-4-6-11)9-12-7-8-13(17)10-15(12)18/h7-8,10-11,14H,1-6,9H2. The minimum Gasteiger partial charge on any atom is -0.207 e. The lowest BCUT2D eigenvalue weighted by molar-refractivity contribution is 0.441. The summed E-state index contributed by atoms with van der Waals surface area (Å²) >= 11 is 3.70. The molecular weight excluding hydrogens is 298 g/mol. The Morgan fingerprint density at radius 1 is 1.11 bits per heavy atom. The van der Waals surface area contributed by atoms with Gasteiger partial charge in [0, 0.05) is 10.9 Å². The molecule has 1 saturated carbocycles. The summed E-state index contributed by atoms with van der Waals surface area (Å²) in [5, 5.41) is 0. The van der Waals surface area contributed by atoms with E-state index in [1.54, 1.807) is 6.07 Å². The maximum atomic E-state index is 13.6. The van der Waals surface area contributed by atoms with E-state index in [4.69, 9.17) is 0 Å². The van der Waals surface area contributed by atoms with Crippen LogP contribution < -0.4 is 0 Å². The summed E-state index contributed by atoms with van der Waals surface area (Å²) in [5.74, 6) is -0.304. The first-order valence-corrected chi connectivity index (χ1v) is 7.66. The molecule has 0 heterocycles. The molecule has 1 aliphatic carbocycles. The number of rotatable bonds is 3. The molecule has 2 rings (SSSR count). The van der Waals surface area contributed by atoms with Crippen molar-refractivity contribution in [3.8, 4) is 0 Å². The predicted molar refractivity (Wildman–Crippen MR) is 74.0 cm³/mol. The van der Waals surface area contributed by atoms with Gasteiger partial charge >= 0.3 is 0 Å². The Morgan fingerprint density at radius 3 is 2.39 bits per heavy atom. The van der Waals surface area contributed by atoms with Crippen LogP contribution in [0, 0.1) is 17.6 Å². The normalized spacial score (nSPS) is 19.5. The van der Waals surface area contributed by atoms with Crippen molar-refractivity contribution in [1.29, 1.82) is 0 Å². The van der Waals surface area contributed by atoms with Crippen LogP contribution in [0.5, 0.6) is 0 Å². The van der Waals surface area contributed by atoms with Gasteiger partial charge in [0.2, 0.25) is 0 Å². The Hall–Kier alpha value is -0.440. The van der Waals surface area contributed by atoms with Crippen LogP contribution in [0.1, 0.15) is 44.1 Å². The molecule has 0 aromatic heterocycles. The fourth-order valence-corrected chi connectivity index (χ4v) is 3.61. The predicted octanol–water partition coefficient (Wildman–Crippen LogP) is 5.24. The molecule has 1 aliphatic rings. The summed E-state index contributed by atoms with van der Waals surface area (Å²) in [6.45, 7) is 0. The van der Waals surface area contributed by atoms with Gasteiger partial charge in [0.15, 0.2) is 0 Å². The molecule has 0 saturated heterocycles. The number of hydrogen-bond acceptors (Lipinski definition) is 0. The minimum atomic E-state index is -0.503. The summed E-state index contributed by atoms with van der Waals surface area (Å²) in [5.41, 5.74) is 0.613. The molecule has 3 heteroatoms. The Bertz CT molecular complexity index is 384. The molecule has 1 atom stereocenters. The van der Waals surface area contributed by atoms with Gasteiger partial charge in [-0.3, -0.25) is 0 Å². The van der Waals surface area contributed by atoms with Crippen molar-refractivity contribution in [1.82, 2.24) is 0 Å². The first-order chi connectivity index (χ1) is 8.66. The third kappa shape index (κ3) is 3.78. The largest absolute Gasteiger partial charge is 0.207 e. The number of benzene rings is 1. The fourth-order valence-electron chi connectivity index (χ4n) is 2.74. The molecule has 1 aromatic carbocycles. The second-order valence-electron chi connectivity index (χ2n) is 5.21. The second kappa shape index (κ2) is 6.65. The van der Waals surface area contributed by atoms with E-state index in [9.17, 15) is 8.78 Å². The van der Waals surface area contributed by atoms with Crippen molar-refractivity contribution in [2.24, 2.45) is 5.92 Å². The van der Waals surface area contributed by atoms with Gasteiger partial charge in [-0.1, -0.05) is 47.7 Å². The number of halogens is 3. The Balaban J connectivity index is 1.98. The molecule has 18 heavy (non-hydrogen) atoms. The highest BCUT2D eigenvalue weighted by Crippen LogP contribution is 2.31. The minimum absolute atomic E-state index is 0.301. The van der Waals surface area contributed by atoms with Gasteiger partial charge in [0.25, 0.3) is 0 Å². The molecule has 0 aliphatic heterocycles. The molecule has 1 unspecified atom stereocenters. The van der Waals surface area contributed by atoms with Crippen molar-refractivity contribution in [2.45, 2.75) is 49.8 Å². The molecule has 0 amide bonds. The van der Waals surface area contributed by atoms with Crippen LogP contribution >= 0.6 is 15.9 Å². The van der Waals surface area contributed by atoms with Crippen LogP contribution in [0.15, 0.2) is 18.2 Å². The van der Waals surface area contributed by atoms with E-state index >= 15 is 0 Å². The van der Waals surface area contributed by atoms with Crippen molar-refractivity contribution in [3.63, 3.8) is 0 Å². The second-order valence-corrected chi connectivity index (χ2v) is 6.38. The summed E-state index contributed by atoms with van der Waals surface area (Å²) in [6.07, 6.45) is 8.29. The van der Waals surface area contributed by atoms with Gasteiger partial charge in [-0.25, -0.2) is 8.78 Å². The zero-order valence-electron chi connectivity index (χ0n) is 10.5. The highest BCUT2D eigenvalue weighted by atomic mass is 79.9. The van der Waals surface area contributed by atoms with Gasteiger partial charge in [-0.15, -0.1) is 0 Å². The maximum absolute atomic E-state index is 13.6. The Kier molecular flexibility index (Phi) is 5.16. The summed E-state index contributed by atoms with van der Waals surface area (Å²) < 4.78 is 26.4. The fraction of sp³-hybridized carbons (Fsp3) is 0.600. The third-order valence-corrected chi connectivity index (χ3v) is 4.91.